The number of rotatable bonds is 10. The number of ether oxygens (including phenoxy) is 2. The number of alkyl carbamates (subject to hydrolysis) is 1. The number of nitrogens with zero attached hydrogens (tertiary/aromatic N) is 2. The van der Waals surface area contributed by atoms with Crippen molar-refractivity contribution < 1.29 is 37.3 Å². The molecule has 0 saturated carbocycles. The molecule has 0 radical (unpaired) electrons. The summed E-state index contributed by atoms with van der Waals surface area (Å²) in [6, 6.07) is 4.56. The van der Waals surface area contributed by atoms with Crippen LogP contribution in [0.25, 0.3) is 11.3 Å². The fourth-order valence-electron chi connectivity index (χ4n) is 3.79. The molecule has 1 unspecified atom stereocenters. The van der Waals surface area contributed by atoms with E-state index in [9.17, 15) is 27.9 Å². The van der Waals surface area contributed by atoms with E-state index >= 15 is 0 Å². The molecule has 1 aromatic heterocycles. The van der Waals surface area contributed by atoms with Crippen molar-refractivity contribution in [3.8, 4) is 11.3 Å². The van der Waals surface area contributed by atoms with Crippen molar-refractivity contribution in [2.75, 3.05) is 11.5 Å². The Kier molecular flexibility index (Phi) is 11.2. The van der Waals surface area contributed by atoms with Gasteiger partial charge in [-0.15, -0.1) is 0 Å². The lowest BCUT2D eigenvalue weighted by molar-refractivity contribution is -0.268. The molecule has 0 saturated heterocycles. The molecule has 2 N–H and O–H groups in total. The molecule has 2 aromatic rings. The molecule has 0 aliphatic heterocycles. The molecule has 1 heterocycles. The van der Waals surface area contributed by atoms with Crippen LogP contribution in [0.2, 0.25) is 0 Å². The van der Waals surface area contributed by atoms with Crippen LogP contribution in [0.4, 0.5) is 18.0 Å². The molecule has 8 nitrogen and oxygen atoms in total. The monoisotopic (exact) mass is 599 g/mol. The molecule has 41 heavy (non-hydrogen) atoms. The van der Waals surface area contributed by atoms with Gasteiger partial charge in [0, 0.05) is 5.56 Å². The van der Waals surface area contributed by atoms with Gasteiger partial charge in [0.2, 0.25) is 5.60 Å². The van der Waals surface area contributed by atoms with Crippen molar-refractivity contribution in [1.82, 2.24) is 15.3 Å². The number of halogens is 3. The van der Waals surface area contributed by atoms with Crippen LogP contribution in [-0.4, -0.2) is 62.1 Å². The molecule has 0 fully saturated rings. The fourth-order valence-corrected chi connectivity index (χ4v) is 4.84. The summed E-state index contributed by atoms with van der Waals surface area (Å²) in [6.07, 6.45) is -4.24. The molecule has 2 rings (SSSR count). The summed E-state index contributed by atoms with van der Waals surface area (Å²) in [5.41, 5.74) is -2.34. The number of carbonyl (C=O) groups is 2. The number of esters is 1. The van der Waals surface area contributed by atoms with Crippen molar-refractivity contribution in [3.05, 3.63) is 47.4 Å². The van der Waals surface area contributed by atoms with E-state index in [1.807, 2.05) is 32.0 Å². The van der Waals surface area contributed by atoms with Crippen molar-refractivity contribution in [1.29, 1.82) is 0 Å². The van der Waals surface area contributed by atoms with Gasteiger partial charge in [0.05, 0.1) is 23.8 Å². The second kappa shape index (κ2) is 13.4. The van der Waals surface area contributed by atoms with E-state index in [1.165, 1.54) is 6.20 Å². The highest BCUT2D eigenvalue weighted by molar-refractivity contribution is 7.99. The lowest BCUT2D eigenvalue weighted by Crippen LogP contribution is -2.46. The number of aliphatic hydroxyl groups is 1. The maximum absolute atomic E-state index is 14.1. The van der Waals surface area contributed by atoms with Gasteiger partial charge in [-0.25, -0.2) is 9.59 Å². The molecular formula is C29H40F3N3O5S. The number of alkyl halides is 3. The summed E-state index contributed by atoms with van der Waals surface area (Å²) < 4.78 is 52.8. The third-order valence-corrected chi connectivity index (χ3v) is 6.76. The Balaban J connectivity index is 2.08. The standard InChI is InChI=1S/C29H40F3N3O5S/c1-18-9-10-20(19(2)15-18)22-16-34-23(17-33-22)28(38,29(30,31)32)12-14-41-13-11-21(24(36)39-26(3,4)5)35-25(37)40-27(6,7)8/h9-10,15-17,21,38H,11-14H2,1-8H3,(H,35,37)/t21-,28?/m0/s1. The number of hydrogen-bond acceptors (Lipinski definition) is 8. The second-order valence-electron chi connectivity index (χ2n) is 11.8. The van der Waals surface area contributed by atoms with Crippen LogP contribution in [0.15, 0.2) is 30.6 Å². The SMILES string of the molecule is Cc1ccc(-c2cnc(C(O)(CCSCC[C@H](NC(=O)OC(C)(C)C)C(=O)OC(C)(C)C)C(F)(F)F)cn2)c(C)c1. The van der Waals surface area contributed by atoms with E-state index in [0.717, 1.165) is 34.6 Å². The topological polar surface area (TPSA) is 111 Å². The van der Waals surface area contributed by atoms with E-state index in [0.29, 0.717) is 5.69 Å². The maximum atomic E-state index is 14.1. The minimum Gasteiger partial charge on any atom is -0.458 e. The van der Waals surface area contributed by atoms with E-state index in [1.54, 1.807) is 41.5 Å². The number of nitrogens with one attached hydrogen (secondary N) is 1. The summed E-state index contributed by atoms with van der Waals surface area (Å²) in [4.78, 5) is 33.0. The molecule has 0 aliphatic carbocycles. The first-order valence-corrected chi connectivity index (χ1v) is 14.4. The Morgan fingerprint density at radius 1 is 0.976 bits per heavy atom. The Bertz CT molecular complexity index is 1190. The zero-order valence-electron chi connectivity index (χ0n) is 24.8. The molecule has 0 aliphatic rings. The van der Waals surface area contributed by atoms with Crippen LogP contribution in [0.5, 0.6) is 0 Å². The summed E-state index contributed by atoms with van der Waals surface area (Å²) in [7, 11) is 0. The van der Waals surface area contributed by atoms with Crippen molar-refractivity contribution in [2.24, 2.45) is 0 Å². The van der Waals surface area contributed by atoms with Gasteiger partial charge in [0.25, 0.3) is 0 Å². The lowest BCUT2D eigenvalue weighted by Gasteiger charge is -2.30. The molecule has 1 amide bonds. The lowest BCUT2D eigenvalue weighted by atomic mass is 9.95. The minimum atomic E-state index is -5.00. The fraction of sp³-hybridized carbons (Fsp3) is 0.586. The number of hydrogen-bond donors (Lipinski definition) is 2. The quantitative estimate of drug-likeness (QED) is 0.243. The Morgan fingerprint density at radius 3 is 2.12 bits per heavy atom. The van der Waals surface area contributed by atoms with Crippen molar-refractivity contribution in [3.63, 3.8) is 0 Å². The van der Waals surface area contributed by atoms with Gasteiger partial charge in [-0.3, -0.25) is 9.97 Å². The first-order valence-electron chi connectivity index (χ1n) is 13.2. The third-order valence-electron chi connectivity index (χ3n) is 5.74. The van der Waals surface area contributed by atoms with E-state index in [-0.39, 0.29) is 17.9 Å². The van der Waals surface area contributed by atoms with Gasteiger partial charge in [0.15, 0.2) is 0 Å². The van der Waals surface area contributed by atoms with Gasteiger partial charge in [-0.1, -0.05) is 23.8 Å². The Labute approximate surface area is 243 Å². The highest BCUT2D eigenvalue weighted by Crippen LogP contribution is 2.41. The molecule has 228 valence electrons. The highest BCUT2D eigenvalue weighted by atomic mass is 32.2. The van der Waals surface area contributed by atoms with Crippen LogP contribution in [0.1, 0.15) is 71.2 Å². The normalized spacial score (nSPS) is 14.6. The van der Waals surface area contributed by atoms with Gasteiger partial charge in [-0.2, -0.15) is 24.9 Å². The summed E-state index contributed by atoms with van der Waals surface area (Å²) in [5.74, 6) is -0.593. The predicted octanol–water partition coefficient (Wildman–Crippen LogP) is 6.26. The molecule has 1 aromatic carbocycles. The van der Waals surface area contributed by atoms with Gasteiger partial charge in [0.1, 0.15) is 17.2 Å². The molecule has 0 spiro atoms. The van der Waals surface area contributed by atoms with Gasteiger partial charge in [-0.05, 0) is 85.3 Å². The Hall–Kier alpha value is -2.86. The number of carbonyl (C=O) groups excluding carboxylic acids is 2. The third kappa shape index (κ3) is 10.5. The summed E-state index contributed by atoms with van der Waals surface area (Å²) in [6.45, 7) is 13.9. The summed E-state index contributed by atoms with van der Waals surface area (Å²) in [5, 5.41) is 13.2. The number of aryl methyl sites for hydroxylation is 2. The number of amides is 1. The predicted molar refractivity (Wildman–Crippen MR) is 152 cm³/mol. The van der Waals surface area contributed by atoms with Crippen LogP contribution < -0.4 is 5.32 Å². The first-order chi connectivity index (χ1) is 18.7. The number of aromatic nitrogens is 2. The van der Waals surface area contributed by atoms with E-state index in [4.69, 9.17) is 9.47 Å². The average molecular weight is 600 g/mol. The zero-order valence-corrected chi connectivity index (χ0v) is 25.6. The molecule has 2 atom stereocenters. The highest BCUT2D eigenvalue weighted by Gasteiger charge is 2.55. The van der Waals surface area contributed by atoms with Gasteiger partial charge >= 0.3 is 18.2 Å². The van der Waals surface area contributed by atoms with Gasteiger partial charge < -0.3 is 19.9 Å². The number of thioether (sulfide) groups is 1. The van der Waals surface area contributed by atoms with E-state index < -0.39 is 53.2 Å². The number of benzene rings is 1. The van der Waals surface area contributed by atoms with Crippen LogP contribution in [0, 0.1) is 13.8 Å². The Morgan fingerprint density at radius 2 is 1.61 bits per heavy atom. The first kappa shape index (κ1) is 34.3. The average Bonchev–Trinajstić information content (AvgIpc) is 2.80. The van der Waals surface area contributed by atoms with Crippen molar-refractivity contribution in [2.45, 2.75) is 97.3 Å². The zero-order chi connectivity index (χ0) is 31.2. The van der Waals surface area contributed by atoms with Crippen molar-refractivity contribution >= 4 is 23.8 Å². The minimum absolute atomic E-state index is 0.0771. The van der Waals surface area contributed by atoms with Crippen LogP contribution in [0.3, 0.4) is 0 Å². The smallest absolute Gasteiger partial charge is 0.423 e. The summed E-state index contributed by atoms with van der Waals surface area (Å²) >= 11 is 1.09. The van der Waals surface area contributed by atoms with E-state index in [2.05, 4.69) is 15.3 Å². The largest absolute Gasteiger partial charge is 0.458 e. The molecule has 0 bridgehead atoms. The molecular weight excluding hydrogens is 559 g/mol. The maximum Gasteiger partial charge on any atom is 0.423 e. The second-order valence-corrected chi connectivity index (χ2v) is 13.1. The van der Waals surface area contributed by atoms with Crippen LogP contribution in [-0.2, 0) is 19.9 Å². The molecule has 12 heteroatoms. The van der Waals surface area contributed by atoms with Crippen LogP contribution >= 0.6 is 11.8 Å².